The Morgan fingerprint density at radius 2 is 2.33 bits per heavy atom. The van der Waals surface area contributed by atoms with Crippen LogP contribution in [0.4, 0.5) is 0 Å². The van der Waals surface area contributed by atoms with Crippen molar-refractivity contribution in [3.8, 4) is 0 Å². The second kappa shape index (κ2) is 4.09. The van der Waals surface area contributed by atoms with E-state index < -0.39 is 0 Å². The van der Waals surface area contributed by atoms with Crippen molar-refractivity contribution < 1.29 is 9.59 Å². The number of carbonyl (C=O) groups excluding carboxylic acids is 2. The van der Waals surface area contributed by atoms with E-state index in [0.29, 0.717) is 13.0 Å². The summed E-state index contributed by atoms with van der Waals surface area (Å²) >= 11 is 0. The van der Waals surface area contributed by atoms with E-state index in [1.54, 1.807) is 0 Å². The lowest BCUT2D eigenvalue weighted by Gasteiger charge is -2.19. The fourth-order valence-electron chi connectivity index (χ4n) is 1.08. The third-order valence-corrected chi connectivity index (χ3v) is 1.85. The highest BCUT2D eigenvalue weighted by atomic mass is 16.2. The molecular weight excluding hydrogens is 156 g/mol. The Labute approximate surface area is 71.9 Å². The minimum atomic E-state index is 0.0592. The van der Waals surface area contributed by atoms with Gasteiger partial charge in [0.1, 0.15) is 0 Å². The van der Waals surface area contributed by atoms with Gasteiger partial charge >= 0.3 is 0 Å². The van der Waals surface area contributed by atoms with Gasteiger partial charge in [0.05, 0.1) is 0 Å². The third kappa shape index (κ3) is 2.22. The van der Waals surface area contributed by atoms with Crippen LogP contribution in [0.2, 0.25) is 0 Å². The largest absolute Gasteiger partial charge is 0.277 e. The molecule has 1 aliphatic rings. The van der Waals surface area contributed by atoms with Crippen LogP contribution in [0.3, 0.4) is 0 Å². The Balaban J connectivity index is 2.38. The number of hydrazine groups is 1. The van der Waals surface area contributed by atoms with E-state index in [2.05, 4.69) is 5.43 Å². The van der Waals surface area contributed by atoms with E-state index in [-0.39, 0.29) is 11.8 Å². The zero-order chi connectivity index (χ0) is 8.97. The van der Waals surface area contributed by atoms with Crippen LogP contribution in [-0.4, -0.2) is 23.9 Å². The Kier molecular flexibility index (Phi) is 3.08. The minimum Gasteiger partial charge on any atom is -0.277 e. The molecule has 0 atom stereocenters. The summed E-state index contributed by atoms with van der Waals surface area (Å²) in [5, 5.41) is 1.41. The van der Waals surface area contributed by atoms with Gasteiger partial charge in [-0.3, -0.25) is 20.0 Å². The predicted molar refractivity (Wildman–Crippen MR) is 43.9 cm³/mol. The van der Waals surface area contributed by atoms with Crippen LogP contribution in [0, 0.1) is 5.92 Å². The summed E-state index contributed by atoms with van der Waals surface area (Å²) in [5.74, 6) is 0.230. The van der Waals surface area contributed by atoms with Crippen molar-refractivity contribution in [3.63, 3.8) is 0 Å². The molecule has 0 aromatic rings. The summed E-state index contributed by atoms with van der Waals surface area (Å²) in [7, 11) is 0. The van der Waals surface area contributed by atoms with E-state index in [0.717, 1.165) is 19.3 Å². The number of nitrogens with zero attached hydrogens (tertiary/aromatic N) is 1. The summed E-state index contributed by atoms with van der Waals surface area (Å²) < 4.78 is 0. The van der Waals surface area contributed by atoms with Crippen LogP contribution in [0.15, 0.2) is 0 Å². The molecule has 0 radical (unpaired) electrons. The van der Waals surface area contributed by atoms with Gasteiger partial charge in [-0.2, -0.15) is 0 Å². The molecule has 68 valence electrons. The Morgan fingerprint density at radius 3 is 2.75 bits per heavy atom. The van der Waals surface area contributed by atoms with Crippen LogP contribution < -0.4 is 5.43 Å². The number of hydrogen-bond donors (Lipinski definition) is 1. The summed E-state index contributed by atoms with van der Waals surface area (Å²) in [6.07, 6.45) is 3.36. The molecule has 0 bridgehead atoms. The van der Waals surface area contributed by atoms with Crippen LogP contribution in [-0.2, 0) is 9.59 Å². The maximum absolute atomic E-state index is 11.4. The topological polar surface area (TPSA) is 49.4 Å². The molecule has 12 heavy (non-hydrogen) atoms. The molecule has 4 nitrogen and oxygen atoms in total. The van der Waals surface area contributed by atoms with E-state index in [9.17, 15) is 9.59 Å². The predicted octanol–water partition coefficient (Wildman–Crippen LogP) is 0.296. The van der Waals surface area contributed by atoms with Gasteiger partial charge in [-0.25, -0.2) is 0 Å². The molecule has 1 saturated carbocycles. The lowest BCUT2D eigenvalue weighted by Crippen LogP contribution is -2.43. The van der Waals surface area contributed by atoms with Gasteiger partial charge in [-0.05, 0) is 19.3 Å². The highest BCUT2D eigenvalue weighted by Gasteiger charge is 2.33. The van der Waals surface area contributed by atoms with Crippen molar-refractivity contribution in [1.29, 1.82) is 0 Å². The van der Waals surface area contributed by atoms with Gasteiger partial charge in [-0.15, -0.1) is 0 Å². The summed E-state index contributed by atoms with van der Waals surface area (Å²) in [6, 6.07) is 0. The number of carbonyl (C=O) groups is 2. The van der Waals surface area contributed by atoms with E-state index in [1.807, 2.05) is 6.92 Å². The zero-order valence-corrected chi connectivity index (χ0v) is 7.25. The molecule has 2 amide bonds. The van der Waals surface area contributed by atoms with Gasteiger partial charge in [0.25, 0.3) is 0 Å². The summed E-state index contributed by atoms with van der Waals surface area (Å²) in [6.45, 7) is 2.58. The smallest absolute Gasteiger partial charge is 0.244 e. The minimum absolute atomic E-state index is 0.0592. The van der Waals surface area contributed by atoms with Crippen molar-refractivity contribution in [2.75, 3.05) is 6.54 Å². The van der Waals surface area contributed by atoms with Crippen molar-refractivity contribution in [1.82, 2.24) is 10.4 Å². The maximum Gasteiger partial charge on any atom is 0.244 e. The number of hydrogen-bond acceptors (Lipinski definition) is 2. The highest BCUT2D eigenvalue weighted by Crippen LogP contribution is 2.30. The van der Waals surface area contributed by atoms with Crippen molar-refractivity contribution in [3.05, 3.63) is 0 Å². The number of amides is 2. The normalized spacial score (nSPS) is 15.4. The molecule has 0 aliphatic heterocycles. The second-order valence-electron chi connectivity index (χ2n) is 3.01. The quantitative estimate of drug-likeness (QED) is 0.476. The first-order valence-corrected chi connectivity index (χ1v) is 4.30. The van der Waals surface area contributed by atoms with Gasteiger partial charge in [-0.1, -0.05) is 6.92 Å². The molecule has 0 aromatic carbocycles. The van der Waals surface area contributed by atoms with E-state index >= 15 is 0 Å². The highest BCUT2D eigenvalue weighted by molar-refractivity contribution is 5.81. The fourth-order valence-corrected chi connectivity index (χ4v) is 1.08. The first-order valence-electron chi connectivity index (χ1n) is 4.30. The van der Waals surface area contributed by atoms with Crippen molar-refractivity contribution in [2.24, 2.45) is 5.92 Å². The molecule has 1 aliphatic carbocycles. The Hall–Kier alpha value is -1.06. The summed E-state index contributed by atoms with van der Waals surface area (Å²) in [5.41, 5.74) is 2.41. The molecule has 1 rings (SSSR count). The first kappa shape index (κ1) is 9.03. The molecule has 0 unspecified atom stereocenters. The second-order valence-corrected chi connectivity index (χ2v) is 3.01. The molecule has 1 N–H and O–H groups in total. The lowest BCUT2D eigenvalue weighted by molar-refractivity contribution is -0.139. The maximum atomic E-state index is 11.4. The molecule has 4 heteroatoms. The third-order valence-electron chi connectivity index (χ3n) is 1.85. The molecule has 0 saturated heterocycles. The Morgan fingerprint density at radius 1 is 1.67 bits per heavy atom. The summed E-state index contributed by atoms with van der Waals surface area (Å²) in [4.78, 5) is 21.5. The lowest BCUT2D eigenvalue weighted by atomic mass is 10.3. The monoisotopic (exact) mass is 170 g/mol. The average Bonchev–Trinajstić information content (AvgIpc) is 2.85. The molecule has 0 heterocycles. The fraction of sp³-hybridized carbons (Fsp3) is 0.750. The Bertz CT molecular complexity index is 178. The van der Waals surface area contributed by atoms with Gasteiger partial charge in [0.2, 0.25) is 12.3 Å². The molecule has 1 fully saturated rings. The average molecular weight is 170 g/mol. The molecule has 0 aromatic heterocycles. The van der Waals surface area contributed by atoms with E-state index in [1.165, 1.54) is 5.01 Å². The molecular formula is C8H14N2O2. The van der Waals surface area contributed by atoms with Crippen LogP contribution in [0.5, 0.6) is 0 Å². The van der Waals surface area contributed by atoms with Crippen LogP contribution >= 0.6 is 0 Å². The van der Waals surface area contributed by atoms with Crippen molar-refractivity contribution >= 4 is 12.3 Å². The first-order chi connectivity index (χ1) is 5.79. The van der Waals surface area contributed by atoms with Gasteiger partial charge < -0.3 is 0 Å². The number of nitrogens with one attached hydrogen (secondary N) is 1. The SMILES string of the molecule is CCCN(NC=O)C(=O)C1CC1. The van der Waals surface area contributed by atoms with Gasteiger partial charge in [0.15, 0.2) is 0 Å². The van der Waals surface area contributed by atoms with Crippen molar-refractivity contribution in [2.45, 2.75) is 26.2 Å². The van der Waals surface area contributed by atoms with E-state index in [4.69, 9.17) is 0 Å². The van der Waals surface area contributed by atoms with Crippen LogP contribution in [0.1, 0.15) is 26.2 Å². The standard InChI is InChI=1S/C8H14N2O2/c1-2-5-10(9-6-11)8(12)7-3-4-7/h6-7H,2-5H2,1H3,(H,9,11). The van der Waals surface area contributed by atoms with Crippen LogP contribution in [0.25, 0.3) is 0 Å². The number of rotatable bonds is 5. The van der Waals surface area contributed by atoms with Gasteiger partial charge in [0, 0.05) is 12.5 Å². The molecule has 0 spiro atoms. The zero-order valence-electron chi connectivity index (χ0n) is 7.25.